The molecule has 178 valence electrons. The Hall–Kier alpha value is -3.73. The SMILES string of the molecule is CC(C)[C@H](NC(=O)c1ccco1)C(=O)NCCN1C(=O)S/C(=C\c2ccc3c(c2)OCO3)C1=O. The molecule has 2 aromatic rings. The van der Waals surface area contributed by atoms with Gasteiger partial charge in [0.25, 0.3) is 17.1 Å². The number of nitrogens with one attached hydrogen (secondary N) is 2. The maximum atomic E-state index is 12.7. The van der Waals surface area contributed by atoms with E-state index < -0.39 is 29.0 Å². The molecule has 4 rings (SSSR count). The molecule has 34 heavy (non-hydrogen) atoms. The van der Waals surface area contributed by atoms with Crippen molar-refractivity contribution in [3.05, 3.63) is 52.8 Å². The van der Waals surface area contributed by atoms with E-state index in [0.29, 0.717) is 17.1 Å². The topological polar surface area (TPSA) is 127 Å². The van der Waals surface area contributed by atoms with Crippen molar-refractivity contribution in [2.75, 3.05) is 19.9 Å². The minimum Gasteiger partial charge on any atom is -0.459 e. The number of ether oxygens (including phenoxy) is 2. The number of carbonyl (C=O) groups excluding carboxylic acids is 4. The summed E-state index contributed by atoms with van der Waals surface area (Å²) in [5.74, 6) is -0.244. The second kappa shape index (κ2) is 10.0. The van der Waals surface area contributed by atoms with Crippen LogP contribution in [0.1, 0.15) is 30.0 Å². The number of fused-ring (bicyclic) bond motifs is 1. The summed E-state index contributed by atoms with van der Waals surface area (Å²) in [6.07, 6.45) is 2.99. The molecule has 0 aliphatic carbocycles. The van der Waals surface area contributed by atoms with Gasteiger partial charge in [0, 0.05) is 13.1 Å². The Kier molecular flexibility index (Phi) is 6.92. The summed E-state index contributed by atoms with van der Waals surface area (Å²) in [6.45, 7) is 3.79. The van der Waals surface area contributed by atoms with Crippen LogP contribution in [0.25, 0.3) is 6.08 Å². The molecule has 3 heterocycles. The number of hydrogen-bond acceptors (Lipinski definition) is 8. The molecule has 11 heteroatoms. The van der Waals surface area contributed by atoms with E-state index in [9.17, 15) is 19.2 Å². The Balaban J connectivity index is 1.33. The maximum absolute atomic E-state index is 12.7. The zero-order valence-corrected chi connectivity index (χ0v) is 19.3. The summed E-state index contributed by atoms with van der Waals surface area (Å²) in [5, 5.41) is 4.91. The molecule has 4 amide bonds. The van der Waals surface area contributed by atoms with Crippen LogP contribution in [0.4, 0.5) is 4.79 Å². The molecule has 1 saturated heterocycles. The van der Waals surface area contributed by atoms with E-state index in [2.05, 4.69) is 10.6 Å². The highest BCUT2D eigenvalue weighted by atomic mass is 32.2. The molecule has 0 spiro atoms. The van der Waals surface area contributed by atoms with Crippen molar-refractivity contribution in [1.29, 1.82) is 0 Å². The van der Waals surface area contributed by atoms with Crippen LogP contribution in [-0.4, -0.2) is 53.8 Å². The first-order valence-electron chi connectivity index (χ1n) is 10.6. The standard InChI is InChI=1S/C23H23N3O7S/c1-13(2)19(25-20(27)16-4-3-9-31-16)21(28)24-7-8-26-22(29)18(34-23(26)30)11-14-5-6-15-17(10-14)33-12-32-15/h3-6,9-11,13,19H,7-8,12H2,1-2H3,(H,24,28)(H,25,27)/b18-11-/t19-/m0/s1. The van der Waals surface area contributed by atoms with Crippen LogP contribution in [0.15, 0.2) is 45.9 Å². The lowest BCUT2D eigenvalue weighted by Crippen LogP contribution is -2.51. The molecule has 10 nitrogen and oxygen atoms in total. The van der Waals surface area contributed by atoms with E-state index in [4.69, 9.17) is 13.9 Å². The first-order valence-corrected chi connectivity index (χ1v) is 11.4. The number of benzene rings is 1. The van der Waals surface area contributed by atoms with Gasteiger partial charge < -0.3 is 24.5 Å². The number of nitrogens with zero attached hydrogens (tertiary/aromatic N) is 1. The maximum Gasteiger partial charge on any atom is 0.293 e. The largest absolute Gasteiger partial charge is 0.459 e. The van der Waals surface area contributed by atoms with Gasteiger partial charge in [0.05, 0.1) is 11.2 Å². The van der Waals surface area contributed by atoms with Gasteiger partial charge in [0.2, 0.25) is 12.7 Å². The summed E-state index contributed by atoms with van der Waals surface area (Å²) in [4.78, 5) is 51.3. The zero-order chi connectivity index (χ0) is 24.2. The van der Waals surface area contributed by atoms with E-state index in [1.165, 1.54) is 12.3 Å². The summed E-state index contributed by atoms with van der Waals surface area (Å²) >= 11 is 0.833. The van der Waals surface area contributed by atoms with E-state index in [-0.39, 0.29) is 36.5 Å². The third kappa shape index (κ3) is 5.09. The molecule has 1 fully saturated rings. The van der Waals surface area contributed by atoms with E-state index in [0.717, 1.165) is 16.7 Å². The van der Waals surface area contributed by atoms with Crippen molar-refractivity contribution >= 4 is 40.8 Å². The van der Waals surface area contributed by atoms with Crippen LogP contribution in [-0.2, 0) is 9.59 Å². The van der Waals surface area contributed by atoms with Gasteiger partial charge in [-0.05, 0) is 53.6 Å². The molecule has 0 bridgehead atoms. The van der Waals surface area contributed by atoms with Crippen LogP contribution >= 0.6 is 11.8 Å². The summed E-state index contributed by atoms with van der Waals surface area (Å²) in [6, 6.07) is 7.52. The van der Waals surface area contributed by atoms with Gasteiger partial charge in [-0.25, -0.2) is 0 Å². The van der Waals surface area contributed by atoms with Gasteiger partial charge in [-0.1, -0.05) is 19.9 Å². The number of carbonyl (C=O) groups is 4. The van der Waals surface area contributed by atoms with Gasteiger partial charge in [-0.15, -0.1) is 0 Å². The van der Waals surface area contributed by atoms with Gasteiger partial charge in [0.1, 0.15) is 6.04 Å². The van der Waals surface area contributed by atoms with Crippen molar-refractivity contribution < 1.29 is 33.1 Å². The van der Waals surface area contributed by atoms with Gasteiger partial charge in [-0.3, -0.25) is 24.1 Å². The fraction of sp³-hybridized carbons (Fsp3) is 0.304. The van der Waals surface area contributed by atoms with Crippen LogP contribution in [0.5, 0.6) is 11.5 Å². The third-order valence-corrected chi connectivity index (χ3v) is 6.09. The van der Waals surface area contributed by atoms with Gasteiger partial charge in [-0.2, -0.15) is 0 Å². The molecule has 1 aromatic heterocycles. The van der Waals surface area contributed by atoms with E-state index in [1.54, 1.807) is 44.2 Å². The second-order valence-electron chi connectivity index (χ2n) is 7.91. The van der Waals surface area contributed by atoms with Crippen LogP contribution in [0.3, 0.4) is 0 Å². The highest BCUT2D eigenvalue weighted by Gasteiger charge is 2.35. The Morgan fingerprint density at radius 1 is 1.18 bits per heavy atom. The molecule has 0 radical (unpaired) electrons. The first-order chi connectivity index (χ1) is 16.3. The van der Waals surface area contributed by atoms with E-state index >= 15 is 0 Å². The average molecular weight is 486 g/mol. The quantitative estimate of drug-likeness (QED) is 0.547. The van der Waals surface area contributed by atoms with E-state index in [1.807, 2.05) is 0 Å². The normalized spacial score (nSPS) is 16.9. The number of thioether (sulfide) groups is 1. The minimum atomic E-state index is -0.807. The summed E-state index contributed by atoms with van der Waals surface area (Å²) in [5.41, 5.74) is 0.704. The van der Waals surface area contributed by atoms with Crippen molar-refractivity contribution in [3.8, 4) is 11.5 Å². The monoisotopic (exact) mass is 485 g/mol. The predicted molar refractivity (Wildman–Crippen MR) is 123 cm³/mol. The lowest BCUT2D eigenvalue weighted by molar-refractivity contribution is -0.125. The molecule has 0 unspecified atom stereocenters. The molecule has 0 saturated carbocycles. The lowest BCUT2D eigenvalue weighted by atomic mass is 10.0. The molecule has 1 atom stereocenters. The summed E-state index contributed by atoms with van der Waals surface area (Å²) < 4.78 is 15.7. The second-order valence-corrected chi connectivity index (χ2v) is 8.90. The smallest absolute Gasteiger partial charge is 0.293 e. The van der Waals surface area contributed by atoms with Crippen molar-refractivity contribution in [1.82, 2.24) is 15.5 Å². The van der Waals surface area contributed by atoms with Crippen LogP contribution in [0.2, 0.25) is 0 Å². The van der Waals surface area contributed by atoms with Crippen LogP contribution in [0, 0.1) is 5.92 Å². The Labute approximate surface area is 199 Å². The molecule has 2 N–H and O–H groups in total. The third-order valence-electron chi connectivity index (χ3n) is 5.18. The first kappa shape index (κ1) is 23.4. The summed E-state index contributed by atoms with van der Waals surface area (Å²) in [7, 11) is 0. The molecule has 2 aliphatic rings. The van der Waals surface area contributed by atoms with Gasteiger partial charge >= 0.3 is 0 Å². The van der Waals surface area contributed by atoms with Crippen molar-refractivity contribution in [2.24, 2.45) is 5.92 Å². The van der Waals surface area contributed by atoms with Crippen molar-refractivity contribution in [2.45, 2.75) is 19.9 Å². The zero-order valence-electron chi connectivity index (χ0n) is 18.5. The Morgan fingerprint density at radius 2 is 1.97 bits per heavy atom. The number of hydrogen-bond donors (Lipinski definition) is 2. The average Bonchev–Trinajstić information content (AvgIpc) is 3.54. The highest BCUT2D eigenvalue weighted by molar-refractivity contribution is 8.18. The van der Waals surface area contributed by atoms with Gasteiger partial charge in [0.15, 0.2) is 17.3 Å². The highest BCUT2D eigenvalue weighted by Crippen LogP contribution is 2.36. The number of rotatable bonds is 8. The molecular weight excluding hydrogens is 462 g/mol. The Bertz CT molecular complexity index is 1140. The molecule has 1 aromatic carbocycles. The number of imide groups is 1. The number of furan rings is 1. The predicted octanol–water partition coefficient (Wildman–Crippen LogP) is 2.62. The fourth-order valence-electron chi connectivity index (χ4n) is 3.40. The molecular formula is C23H23N3O7S. The lowest BCUT2D eigenvalue weighted by Gasteiger charge is -2.22. The minimum absolute atomic E-state index is 0.00578. The fourth-order valence-corrected chi connectivity index (χ4v) is 4.27. The van der Waals surface area contributed by atoms with Crippen molar-refractivity contribution in [3.63, 3.8) is 0 Å². The molecule has 2 aliphatic heterocycles. The Morgan fingerprint density at radius 3 is 2.71 bits per heavy atom. The number of amides is 4. The van der Waals surface area contributed by atoms with Crippen LogP contribution < -0.4 is 20.1 Å².